The third kappa shape index (κ3) is 4.96. The summed E-state index contributed by atoms with van der Waals surface area (Å²) in [4.78, 5) is 29.7. The van der Waals surface area contributed by atoms with Crippen molar-refractivity contribution in [2.24, 2.45) is 0 Å². The first-order valence-electron chi connectivity index (χ1n) is 9.27. The van der Waals surface area contributed by atoms with Crippen molar-refractivity contribution in [3.05, 3.63) is 52.2 Å². The van der Waals surface area contributed by atoms with Crippen LogP contribution in [-0.4, -0.2) is 55.3 Å². The molecule has 1 fully saturated rings. The summed E-state index contributed by atoms with van der Waals surface area (Å²) in [5.74, 6) is 1.09. The molecule has 1 saturated heterocycles. The molecule has 2 heterocycles. The number of likely N-dealkylation sites (N-methyl/N-ethyl adjacent to an activating group) is 1. The van der Waals surface area contributed by atoms with Crippen molar-refractivity contribution < 1.29 is 14.3 Å². The van der Waals surface area contributed by atoms with Gasteiger partial charge in [-0.25, -0.2) is 0 Å². The summed E-state index contributed by atoms with van der Waals surface area (Å²) in [5.41, 5.74) is 1.15. The van der Waals surface area contributed by atoms with Gasteiger partial charge in [-0.1, -0.05) is 18.2 Å². The highest BCUT2D eigenvalue weighted by Gasteiger charge is 2.28. The topological polar surface area (TPSA) is 49.9 Å². The van der Waals surface area contributed by atoms with Crippen LogP contribution in [-0.2, 0) is 4.79 Å². The Labute approximate surface area is 164 Å². The summed E-state index contributed by atoms with van der Waals surface area (Å²) in [5, 5.41) is 1.90. The van der Waals surface area contributed by atoms with Crippen LogP contribution in [0.4, 0.5) is 0 Å². The number of carbonyl (C=O) groups excluding carboxylic acids is 2. The number of hydrogen-bond donors (Lipinski definition) is 0. The average molecular weight is 387 g/mol. The highest BCUT2D eigenvalue weighted by Crippen LogP contribution is 2.27. The smallest absolute Gasteiger partial charge is 0.222 e. The minimum atomic E-state index is 0.130. The first kappa shape index (κ1) is 19.6. The van der Waals surface area contributed by atoms with Crippen molar-refractivity contribution in [1.29, 1.82) is 0 Å². The van der Waals surface area contributed by atoms with Crippen LogP contribution in [0.15, 0.2) is 41.8 Å². The summed E-state index contributed by atoms with van der Waals surface area (Å²) in [6, 6.07) is 11.9. The van der Waals surface area contributed by atoms with Gasteiger partial charge in [-0.3, -0.25) is 14.5 Å². The van der Waals surface area contributed by atoms with Crippen LogP contribution in [0, 0.1) is 0 Å². The van der Waals surface area contributed by atoms with Gasteiger partial charge in [0.2, 0.25) is 5.91 Å². The molecule has 1 aromatic carbocycles. The lowest BCUT2D eigenvalue weighted by Crippen LogP contribution is -2.48. The van der Waals surface area contributed by atoms with Crippen LogP contribution in [0.25, 0.3) is 0 Å². The van der Waals surface area contributed by atoms with Gasteiger partial charge in [0.1, 0.15) is 5.75 Å². The summed E-state index contributed by atoms with van der Waals surface area (Å²) in [7, 11) is 3.75. The second kappa shape index (κ2) is 9.15. The Hall–Kier alpha value is -2.18. The molecule has 1 aromatic heterocycles. The van der Waals surface area contributed by atoms with Gasteiger partial charge in [0, 0.05) is 32.5 Å². The van der Waals surface area contributed by atoms with Gasteiger partial charge in [-0.15, -0.1) is 11.3 Å². The zero-order valence-corrected chi connectivity index (χ0v) is 16.7. The number of benzene rings is 1. The SMILES string of the molecule is COc1cccc(C2CN(C(=O)CCCC(=O)c3cccs3)CCN2C)c1. The fourth-order valence-corrected chi connectivity index (χ4v) is 4.12. The number of carbonyl (C=O) groups is 2. The molecule has 144 valence electrons. The van der Waals surface area contributed by atoms with Crippen LogP contribution in [0.1, 0.15) is 40.5 Å². The number of thiophene rings is 1. The maximum Gasteiger partial charge on any atom is 0.222 e. The molecule has 1 aliphatic rings. The first-order chi connectivity index (χ1) is 13.1. The van der Waals surface area contributed by atoms with E-state index < -0.39 is 0 Å². The number of ether oxygens (including phenoxy) is 1. The van der Waals surface area contributed by atoms with Gasteiger partial charge in [0.05, 0.1) is 18.0 Å². The lowest BCUT2D eigenvalue weighted by atomic mass is 10.0. The molecule has 1 unspecified atom stereocenters. The molecule has 5 nitrogen and oxygen atoms in total. The minimum Gasteiger partial charge on any atom is -0.497 e. The standard InChI is InChI=1S/C21H26N2O3S/c1-22-11-12-23(15-18(22)16-6-3-7-17(14-16)26-2)21(25)10-4-8-19(24)20-9-5-13-27-20/h3,5-7,9,13-14,18H,4,8,10-12,15H2,1-2H3. The molecule has 0 spiro atoms. The number of nitrogens with zero attached hydrogens (tertiary/aromatic N) is 2. The lowest BCUT2D eigenvalue weighted by Gasteiger charge is -2.40. The van der Waals surface area contributed by atoms with E-state index in [-0.39, 0.29) is 17.7 Å². The van der Waals surface area contributed by atoms with Crippen molar-refractivity contribution in [3.8, 4) is 5.75 Å². The van der Waals surface area contributed by atoms with Gasteiger partial charge in [-0.2, -0.15) is 0 Å². The molecule has 0 saturated carbocycles. The summed E-state index contributed by atoms with van der Waals surface area (Å²) in [6.45, 7) is 2.23. The number of methoxy groups -OCH3 is 1. The highest BCUT2D eigenvalue weighted by molar-refractivity contribution is 7.12. The third-order valence-corrected chi connectivity index (χ3v) is 5.98. The van der Waals surface area contributed by atoms with Crippen molar-refractivity contribution >= 4 is 23.0 Å². The van der Waals surface area contributed by atoms with E-state index in [1.165, 1.54) is 11.3 Å². The quantitative estimate of drug-likeness (QED) is 0.682. The number of Topliss-reactive ketones (excluding diaryl/α,β-unsaturated/α-hetero) is 1. The number of hydrogen-bond acceptors (Lipinski definition) is 5. The van der Waals surface area contributed by atoms with Gasteiger partial charge in [0.25, 0.3) is 0 Å². The monoisotopic (exact) mass is 386 g/mol. The Morgan fingerprint density at radius 2 is 2.04 bits per heavy atom. The molecule has 27 heavy (non-hydrogen) atoms. The number of rotatable bonds is 7. The van der Waals surface area contributed by atoms with Gasteiger partial charge < -0.3 is 9.64 Å². The fraction of sp³-hybridized carbons (Fsp3) is 0.429. The molecule has 0 aliphatic carbocycles. The Morgan fingerprint density at radius 3 is 2.78 bits per heavy atom. The molecule has 3 rings (SSSR count). The van der Waals surface area contributed by atoms with Gasteiger partial charge >= 0.3 is 0 Å². The van der Waals surface area contributed by atoms with Crippen molar-refractivity contribution in [3.63, 3.8) is 0 Å². The van der Waals surface area contributed by atoms with E-state index >= 15 is 0 Å². The third-order valence-electron chi connectivity index (χ3n) is 5.07. The van der Waals surface area contributed by atoms with Crippen molar-refractivity contribution in [1.82, 2.24) is 9.80 Å². The van der Waals surface area contributed by atoms with E-state index in [1.807, 2.05) is 40.6 Å². The second-order valence-electron chi connectivity index (χ2n) is 6.87. The Bertz CT molecular complexity index is 775. The molecule has 0 N–H and O–H groups in total. The predicted molar refractivity (Wildman–Crippen MR) is 107 cm³/mol. The molecule has 6 heteroatoms. The predicted octanol–water partition coefficient (Wildman–Crippen LogP) is 3.63. The number of piperazine rings is 1. The van der Waals surface area contributed by atoms with Crippen molar-refractivity contribution in [2.45, 2.75) is 25.3 Å². The van der Waals surface area contributed by atoms with E-state index in [1.54, 1.807) is 7.11 Å². The minimum absolute atomic E-state index is 0.130. The Morgan fingerprint density at radius 1 is 1.19 bits per heavy atom. The normalized spacial score (nSPS) is 17.7. The molecule has 0 bridgehead atoms. The van der Waals surface area contributed by atoms with Crippen LogP contribution >= 0.6 is 11.3 Å². The van der Waals surface area contributed by atoms with Gasteiger partial charge in [-0.05, 0) is 42.6 Å². The van der Waals surface area contributed by atoms with E-state index in [4.69, 9.17) is 4.74 Å². The summed E-state index contributed by atoms with van der Waals surface area (Å²) < 4.78 is 5.33. The number of ketones is 1. The Balaban J connectivity index is 1.55. The molecular formula is C21H26N2O3S. The summed E-state index contributed by atoms with van der Waals surface area (Å²) in [6.07, 6.45) is 1.46. The Kier molecular flexibility index (Phi) is 6.63. The largest absolute Gasteiger partial charge is 0.497 e. The average Bonchev–Trinajstić information content (AvgIpc) is 3.23. The van der Waals surface area contributed by atoms with E-state index in [9.17, 15) is 9.59 Å². The van der Waals surface area contributed by atoms with Crippen LogP contribution in [0.2, 0.25) is 0 Å². The zero-order valence-electron chi connectivity index (χ0n) is 15.9. The molecule has 0 radical (unpaired) electrons. The van der Waals surface area contributed by atoms with E-state index in [2.05, 4.69) is 18.0 Å². The maximum atomic E-state index is 12.6. The van der Waals surface area contributed by atoms with E-state index in [0.29, 0.717) is 25.8 Å². The fourth-order valence-electron chi connectivity index (χ4n) is 3.43. The molecule has 1 amide bonds. The van der Waals surface area contributed by atoms with Crippen molar-refractivity contribution in [2.75, 3.05) is 33.8 Å². The zero-order chi connectivity index (χ0) is 19.2. The summed E-state index contributed by atoms with van der Waals surface area (Å²) >= 11 is 1.46. The number of amides is 1. The maximum absolute atomic E-state index is 12.6. The van der Waals surface area contributed by atoms with Crippen LogP contribution in [0.3, 0.4) is 0 Å². The highest BCUT2D eigenvalue weighted by atomic mass is 32.1. The van der Waals surface area contributed by atoms with E-state index in [0.717, 1.165) is 29.3 Å². The van der Waals surface area contributed by atoms with Crippen LogP contribution in [0.5, 0.6) is 5.75 Å². The van der Waals surface area contributed by atoms with Gasteiger partial charge in [0.15, 0.2) is 5.78 Å². The molecular weight excluding hydrogens is 360 g/mol. The molecule has 1 atom stereocenters. The lowest BCUT2D eigenvalue weighted by molar-refractivity contribution is -0.134. The second-order valence-corrected chi connectivity index (χ2v) is 7.81. The van der Waals surface area contributed by atoms with Crippen LogP contribution < -0.4 is 4.74 Å². The first-order valence-corrected chi connectivity index (χ1v) is 10.1. The molecule has 1 aliphatic heterocycles. The molecule has 2 aromatic rings.